The molecule has 0 aliphatic carbocycles. The fraction of sp³-hybridized carbons (Fsp3) is 0.520. The van der Waals surface area contributed by atoms with Crippen LogP contribution in [0.15, 0.2) is 43.0 Å². The number of nitrogens with one attached hydrogen (secondary N) is 2. The Morgan fingerprint density at radius 3 is 2.65 bits per heavy atom. The molecular formula is C25H33N3O6. The van der Waals surface area contributed by atoms with Crippen LogP contribution >= 0.6 is 0 Å². The number of likely N-dealkylation sites (tertiary alicyclic amines) is 1. The Hall–Kier alpha value is -3.20. The van der Waals surface area contributed by atoms with Gasteiger partial charge in [0, 0.05) is 6.54 Å². The molecule has 4 atom stereocenters. The van der Waals surface area contributed by atoms with Crippen LogP contribution in [0.5, 0.6) is 0 Å². The van der Waals surface area contributed by atoms with Gasteiger partial charge in [-0.15, -0.1) is 0 Å². The zero-order chi connectivity index (χ0) is 24.7. The number of hydrogen-bond donors (Lipinski definition) is 2. The van der Waals surface area contributed by atoms with E-state index in [1.165, 1.54) is 6.08 Å². The van der Waals surface area contributed by atoms with Gasteiger partial charge in [-0.1, -0.05) is 56.8 Å². The first-order chi connectivity index (χ1) is 16.3. The van der Waals surface area contributed by atoms with E-state index in [0.29, 0.717) is 25.8 Å². The molecular weight excluding hydrogens is 438 g/mol. The SMILES string of the molecule is C=CCOC(=O)CNC(=O)[C@H](CC(C)C)NC(=O)[C@H]1CCCN1C(=O)[C@@H]1O[C@H]1c1ccccc1. The third-order valence-electron chi connectivity index (χ3n) is 5.81. The Kier molecular flexibility index (Phi) is 8.81. The van der Waals surface area contributed by atoms with Gasteiger partial charge in [0.2, 0.25) is 11.8 Å². The van der Waals surface area contributed by atoms with Crippen molar-refractivity contribution in [2.75, 3.05) is 19.7 Å². The highest BCUT2D eigenvalue weighted by atomic mass is 16.6. The molecule has 2 aliphatic heterocycles. The summed E-state index contributed by atoms with van der Waals surface area (Å²) in [6.07, 6.45) is 2.16. The number of benzene rings is 1. The Bertz CT molecular complexity index is 903. The molecule has 0 spiro atoms. The van der Waals surface area contributed by atoms with Gasteiger partial charge in [0.1, 0.15) is 31.3 Å². The average Bonchev–Trinajstić information content (AvgIpc) is 3.47. The molecule has 9 nitrogen and oxygen atoms in total. The Labute approximate surface area is 199 Å². The van der Waals surface area contributed by atoms with Crippen LogP contribution in [0.3, 0.4) is 0 Å². The van der Waals surface area contributed by atoms with Crippen LogP contribution in [0.1, 0.15) is 44.8 Å². The molecule has 9 heteroatoms. The summed E-state index contributed by atoms with van der Waals surface area (Å²) in [6.45, 7) is 7.56. The fourth-order valence-electron chi connectivity index (χ4n) is 4.12. The first-order valence-corrected chi connectivity index (χ1v) is 11.7. The zero-order valence-electron chi connectivity index (χ0n) is 19.7. The fourth-order valence-corrected chi connectivity index (χ4v) is 4.12. The molecule has 184 valence electrons. The van der Waals surface area contributed by atoms with Crippen LogP contribution in [0.4, 0.5) is 0 Å². The van der Waals surface area contributed by atoms with Crippen LogP contribution in [0.25, 0.3) is 0 Å². The van der Waals surface area contributed by atoms with Gasteiger partial charge >= 0.3 is 5.97 Å². The summed E-state index contributed by atoms with van der Waals surface area (Å²) in [7, 11) is 0. The van der Waals surface area contributed by atoms with Gasteiger partial charge in [-0.05, 0) is 30.7 Å². The van der Waals surface area contributed by atoms with E-state index in [0.717, 1.165) is 5.56 Å². The van der Waals surface area contributed by atoms with E-state index in [1.54, 1.807) is 4.90 Å². The number of ether oxygens (including phenoxy) is 2. The van der Waals surface area contributed by atoms with Crippen molar-refractivity contribution in [3.05, 3.63) is 48.6 Å². The minimum atomic E-state index is -0.827. The summed E-state index contributed by atoms with van der Waals surface area (Å²) in [5.74, 6) is -1.52. The Morgan fingerprint density at radius 2 is 1.97 bits per heavy atom. The molecule has 1 aromatic carbocycles. The molecule has 2 heterocycles. The third-order valence-corrected chi connectivity index (χ3v) is 5.81. The normalized spacial score (nSPS) is 22.1. The van der Waals surface area contributed by atoms with Crippen LogP contribution < -0.4 is 10.6 Å². The summed E-state index contributed by atoms with van der Waals surface area (Å²) < 4.78 is 10.5. The van der Waals surface area contributed by atoms with E-state index in [2.05, 4.69) is 17.2 Å². The topological polar surface area (TPSA) is 117 Å². The summed E-state index contributed by atoms with van der Waals surface area (Å²) >= 11 is 0. The summed E-state index contributed by atoms with van der Waals surface area (Å²) in [5, 5.41) is 5.31. The van der Waals surface area contributed by atoms with Crippen molar-refractivity contribution in [3.63, 3.8) is 0 Å². The molecule has 0 aromatic heterocycles. The molecule has 2 N–H and O–H groups in total. The highest BCUT2D eigenvalue weighted by molar-refractivity contribution is 5.94. The maximum Gasteiger partial charge on any atom is 0.325 e. The second-order valence-corrected chi connectivity index (χ2v) is 8.96. The molecule has 0 bridgehead atoms. The lowest BCUT2D eigenvalue weighted by atomic mass is 10.0. The van der Waals surface area contributed by atoms with Crippen molar-refractivity contribution in [1.29, 1.82) is 0 Å². The van der Waals surface area contributed by atoms with Gasteiger partial charge in [0.05, 0.1) is 0 Å². The molecule has 2 aliphatic rings. The Balaban J connectivity index is 1.58. The van der Waals surface area contributed by atoms with Gasteiger partial charge < -0.3 is 25.0 Å². The van der Waals surface area contributed by atoms with Crippen molar-refractivity contribution in [3.8, 4) is 0 Å². The van der Waals surface area contributed by atoms with Crippen molar-refractivity contribution in [1.82, 2.24) is 15.5 Å². The predicted octanol–water partition coefficient (Wildman–Crippen LogP) is 1.49. The maximum absolute atomic E-state index is 13.1. The highest BCUT2D eigenvalue weighted by Crippen LogP contribution is 2.40. The monoisotopic (exact) mass is 471 g/mol. The molecule has 2 saturated heterocycles. The molecule has 1 aromatic rings. The maximum atomic E-state index is 13.1. The highest BCUT2D eigenvalue weighted by Gasteiger charge is 2.50. The van der Waals surface area contributed by atoms with Crippen molar-refractivity contribution in [2.45, 2.75) is 57.4 Å². The lowest BCUT2D eigenvalue weighted by Gasteiger charge is -2.26. The first kappa shape index (κ1) is 25.4. The van der Waals surface area contributed by atoms with E-state index >= 15 is 0 Å². The van der Waals surface area contributed by atoms with Crippen LogP contribution in [0, 0.1) is 5.92 Å². The smallest absolute Gasteiger partial charge is 0.325 e. The van der Waals surface area contributed by atoms with Crippen LogP contribution in [-0.2, 0) is 28.7 Å². The average molecular weight is 472 g/mol. The molecule has 3 amide bonds. The number of carbonyl (C=O) groups excluding carboxylic acids is 4. The summed E-state index contributed by atoms with van der Waals surface area (Å²) in [5.41, 5.74) is 0.932. The lowest BCUT2D eigenvalue weighted by Crippen LogP contribution is -2.54. The van der Waals surface area contributed by atoms with Crippen molar-refractivity contribution >= 4 is 23.7 Å². The second-order valence-electron chi connectivity index (χ2n) is 8.96. The van der Waals surface area contributed by atoms with Crippen molar-refractivity contribution in [2.24, 2.45) is 5.92 Å². The quantitative estimate of drug-likeness (QED) is 0.287. The van der Waals surface area contributed by atoms with Gasteiger partial charge in [-0.2, -0.15) is 0 Å². The molecule has 2 fully saturated rings. The largest absolute Gasteiger partial charge is 0.460 e. The number of esters is 1. The van der Waals surface area contributed by atoms with E-state index in [4.69, 9.17) is 9.47 Å². The number of nitrogens with zero attached hydrogens (tertiary/aromatic N) is 1. The number of amides is 3. The van der Waals surface area contributed by atoms with E-state index in [1.807, 2.05) is 44.2 Å². The van der Waals surface area contributed by atoms with Gasteiger partial charge in [0.15, 0.2) is 6.10 Å². The number of epoxide rings is 1. The van der Waals surface area contributed by atoms with Gasteiger partial charge in [-0.3, -0.25) is 19.2 Å². The number of hydrogen-bond acceptors (Lipinski definition) is 6. The number of rotatable bonds is 11. The molecule has 34 heavy (non-hydrogen) atoms. The van der Waals surface area contributed by atoms with E-state index in [9.17, 15) is 19.2 Å². The standard InChI is InChI=1S/C25H33N3O6/c1-4-13-33-20(29)15-26-23(30)18(14-16(2)3)27-24(31)19-11-8-12-28(19)25(32)22-21(34-22)17-9-6-5-7-10-17/h4-7,9-10,16,18-19,21-22H,1,8,11-15H2,2-3H3,(H,26,30)(H,27,31)/t18-,19+,21-,22+/m0/s1. The molecule has 0 unspecified atom stereocenters. The van der Waals surface area contributed by atoms with Crippen molar-refractivity contribution < 1.29 is 28.7 Å². The molecule has 0 saturated carbocycles. The first-order valence-electron chi connectivity index (χ1n) is 11.7. The second kappa shape index (κ2) is 11.8. The summed E-state index contributed by atoms with van der Waals surface area (Å²) in [6, 6.07) is 8.02. The molecule has 3 rings (SSSR count). The molecule has 0 radical (unpaired) electrons. The minimum Gasteiger partial charge on any atom is -0.460 e. The van der Waals surface area contributed by atoms with E-state index < -0.39 is 30.1 Å². The zero-order valence-corrected chi connectivity index (χ0v) is 19.7. The van der Waals surface area contributed by atoms with Crippen LogP contribution in [-0.4, -0.2) is 66.5 Å². The van der Waals surface area contributed by atoms with E-state index in [-0.39, 0.29) is 37.0 Å². The predicted molar refractivity (Wildman–Crippen MR) is 124 cm³/mol. The number of carbonyl (C=O) groups is 4. The minimum absolute atomic E-state index is 0.0578. The lowest BCUT2D eigenvalue weighted by molar-refractivity contribution is -0.143. The van der Waals surface area contributed by atoms with Crippen LogP contribution in [0.2, 0.25) is 0 Å². The summed E-state index contributed by atoms with van der Waals surface area (Å²) in [4.78, 5) is 52.1. The Morgan fingerprint density at radius 1 is 1.24 bits per heavy atom. The van der Waals surface area contributed by atoms with Gasteiger partial charge in [0.25, 0.3) is 5.91 Å². The third kappa shape index (κ3) is 6.66. The van der Waals surface area contributed by atoms with Gasteiger partial charge in [-0.25, -0.2) is 0 Å².